The lowest BCUT2D eigenvalue weighted by Crippen LogP contribution is -2.24. The van der Waals surface area contributed by atoms with Crippen LogP contribution >= 0.6 is 0 Å². The van der Waals surface area contributed by atoms with Crippen molar-refractivity contribution in [1.82, 2.24) is 0 Å². The number of rotatable bonds is 8. The Morgan fingerprint density at radius 2 is 1.66 bits per heavy atom. The molecule has 0 saturated heterocycles. The van der Waals surface area contributed by atoms with E-state index in [1.807, 2.05) is 25.1 Å². The van der Waals surface area contributed by atoms with Gasteiger partial charge in [-0.2, -0.15) is 13.2 Å². The van der Waals surface area contributed by atoms with E-state index in [2.05, 4.69) is 25.8 Å². The van der Waals surface area contributed by atoms with Crippen LogP contribution in [-0.2, 0) is 10.4 Å². The van der Waals surface area contributed by atoms with Gasteiger partial charge in [-0.25, -0.2) is 0 Å². The smallest absolute Gasteiger partial charge is 0.386 e. The molecule has 0 spiro atoms. The number of Topliss-reactive ketones (excluding diaryl/α,β-unsaturated/α-hetero) is 1. The van der Waals surface area contributed by atoms with E-state index in [1.165, 1.54) is 33.1 Å². The van der Waals surface area contributed by atoms with Crippen LogP contribution < -0.4 is 0 Å². The number of aliphatic imine (C=N–C) groups is 1. The zero-order valence-corrected chi connectivity index (χ0v) is 23.4. The van der Waals surface area contributed by atoms with Gasteiger partial charge in [0.1, 0.15) is 5.78 Å². The minimum Gasteiger partial charge on any atom is -0.386 e. The Morgan fingerprint density at radius 3 is 2.00 bits per heavy atom. The van der Waals surface area contributed by atoms with Crippen LogP contribution in [0.4, 0.5) is 18.9 Å². The van der Waals surface area contributed by atoms with Crippen molar-refractivity contribution in [2.45, 2.75) is 125 Å². The second kappa shape index (κ2) is 14.8. The zero-order chi connectivity index (χ0) is 27.4. The Labute approximate surface area is 211 Å². The molecule has 1 aromatic carbocycles. The van der Waals surface area contributed by atoms with Gasteiger partial charge >= 0.3 is 6.18 Å². The van der Waals surface area contributed by atoms with Gasteiger partial charge in [0, 0.05) is 25.0 Å². The number of aliphatic hydroxyl groups is 1. The van der Waals surface area contributed by atoms with E-state index >= 15 is 0 Å². The number of ketones is 1. The van der Waals surface area contributed by atoms with E-state index < -0.39 is 23.6 Å². The Morgan fingerprint density at radius 1 is 1.11 bits per heavy atom. The highest BCUT2D eigenvalue weighted by molar-refractivity contribution is 5.84. The first-order chi connectivity index (χ1) is 15.9. The van der Waals surface area contributed by atoms with Crippen molar-refractivity contribution in [3.63, 3.8) is 0 Å². The molecule has 1 N–H and O–H groups in total. The number of carbonyl (C=O) groups excluding carboxylic acids is 1. The van der Waals surface area contributed by atoms with Crippen LogP contribution in [0, 0.1) is 18.3 Å². The fourth-order valence-corrected chi connectivity index (χ4v) is 3.66. The maximum atomic E-state index is 12.0. The number of carbonyl (C=O) groups is 1. The number of alkyl halides is 3. The molecule has 0 aromatic heterocycles. The first-order valence-corrected chi connectivity index (χ1v) is 12.9. The lowest BCUT2D eigenvalue weighted by Gasteiger charge is -2.24. The Kier molecular flexibility index (Phi) is 14.1. The van der Waals surface area contributed by atoms with Gasteiger partial charge in [0.05, 0.1) is 11.3 Å². The molecule has 2 rings (SSSR count). The summed E-state index contributed by atoms with van der Waals surface area (Å²) in [4.78, 5) is 15.6. The predicted octanol–water partition coefficient (Wildman–Crippen LogP) is 9.26. The number of nitrogens with zero attached hydrogens (tertiary/aromatic N) is 1. The summed E-state index contributed by atoms with van der Waals surface area (Å²) in [5, 5.41) is 9.93. The topological polar surface area (TPSA) is 49.7 Å². The van der Waals surface area contributed by atoms with Crippen molar-refractivity contribution in [2.24, 2.45) is 16.3 Å². The molecular weight excluding hydrogens is 451 g/mol. The van der Waals surface area contributed by atoms with Crippen LogP contribution in [0.5, 0.6) is 0 Å². The molecule has 0 bridgehead atoms. The van der Waals surface area contributed by atoms with Gasteiger partial charge in [-0.05, 0) is 62.6 Å². The molecule has 1 fully saturated rings. The van der Waals surface area contributed by atoms with Crippen molar-refractivity contribution in [1.29, 1.82) is 0 Å². The summed E-state index contributed by atoms with van der Waals surface area (Å²) >= 11 is 0. The van der Waals surface area contributed by atoms with Gasteiger partial charge in [-0.15, -0.1) is 0 Å². The molecular formula is C29H48F3NO2. The van der Waals surface area contributed by atoms with Gasteiger partial charge in [0.15, 0.2) is 0 Å². The third-order valence-corrected chi connectivity index (χ3v) is 5.97. The molecule has 0 unspecified atom stereocenters. The Balaban J connectivity index is 0.000000563. The molecule has 202 valence electrons. The number of halogens is 3. The van der Waals surface area contributed by atoms with Crippen LogP contribution in [0.15, 0.2) is 23.2 Å². The van der Waals surface area contributed by atoms with Gasteiger partial charge in [0.25, 0.3) is 0 Å². The van der Waals surface area contributed by atoms with E-state index in [4.69, 9.17) is 0 Å². The van der Waals surface area contributed by atoms with Crippen LogP contribution in [0.25, 0.3) is 0 Å². The second-order valence-corrected chi connectivity index (χ2v) is 11.2. The highest BCUT2D eigenvalue weighted by Crippen LogP contribution is 2.35. The molecule has 1 aromatic rings. The Hall–Kier alpha value is -1.69. The lowest BCUT2D eigenvalue weighted by molar-refractivity contribution is -0.156. The van der Waals surface area contributed by atoms with E-state index in [1.54, 1.807) is 20.8 Å². The summed E-state index contributed by atoms with van der Waals surface area (Å²) in [5.74, 6) is 0.948. The van der Waals surface area contributed by atoms with Crippen molar-refractivity contribution >= 4 is 17.2 Å². The quantitative estimate of drug-likeness (QED) is 0.362. The number of hydrogen-bond acceptors (Lipinski definition) is 3. The number of aryl methyl sites for hydroxylation is 1. The maximum absolute atomic E-state index is 12.0. The molecule has 0 amide bonds. The average molecular weight is 500 g/mol. The Bertz CT molecular complexity index is 801. The van der Waals surface area contributed by atoms with Crippen LogP contribution in [-0.4, -0.2) is 22.8 Å². The summed E-state index contributed by atoms with van der Waals surface area (Å²) in [5.41, 5.74) is 2.45. The second-order valence-electron chi connectivity index (χ2n) is 11.2. The van der Waals surface area contributed by atoms with E-state index in [0.29, 0.717) is 6.42 Å². The molecule has 1 saturated carbocycles. The van der Waals surface area contributed by atoms with Gasteiger partial charge < -0.3 is 5.11 Å². The molecule has 1 aliphatic rings. The molecule has 0 radical (unpaired) electrons. The van der Waals surface area contributed by atoms with Gasteiger partial charge in [-0.1, -0.05) is 72.4 Å². The summed E-state index contributed by atoms with van der Waals surface area (Å²) in [6.07, 6.45) is 1.84. The van der Waals surface area contributed by atoms with E-state index in [9.17, 15) is 23.1 Å². The van der Waals surface area contributed by atoms with Crippen LogP contribution in [0.3, 0.4) is 0 Å². The average Bonchev–Trinajstić information content (AvgIpc) is 2.66. The predicted molar refractivity (Wildman–Crippen MR) is 141 cm³/mol. The first-order valence-electron chi connectivity index (χ1n) is 12.9. The third-order valence-electron chi connectivity index (χ3n) is 5.97. The minimum absolute atomic E-state index is 0.00299. The molecule has 0 heterocycles. The number of hydrogen-bond donors (Lipinski definition) is 1. The summed E-state index contributed by atoms with van der Waals surface area (Å²) in [6.45, 7) is 16.8. The molecule has 0 aliphatic heterocycles. The fraction of sp³-hybridized carbons (Fsp3) is 0.724. The zero-order valence-electron chi connectivity index (χ0n) is 23.4. The highest BCUT2D eigenvalue weighted by Gasteiger charge is 2.37. The molecule has 6 heteroatoms. The molecule has 3 nitrogen and oxygen atoms in total. The monoisotopic (exact) mass is 499 g/mol. The largest absolute Gasteiger partial charge is 0.389 e. The number of benzene rings is 1. The van der Waals surface area contributed by atoms with Crippen LogP contribution in [0.1, 0.15) is 118 Å². The van der Waals surface area contributed by atoms with Crippen molar-refractivity contribution in [2.75, 3.05) is 0 Å². The molecule has 35 heavy (non-hydrogen) atoms. The fourth-order valence-electron chi connectivity index (χ4n) is 3.66. The van der Waals surface area contributed by atoms with E-state index in [-0.39, 0.29) is 12.2 Å². The lowest BCUT2D eigenvalue weighted by atomic mass is 9.83. The van der Waals surface area contributed by atoms with Gasteiger partial charge in [0.2, 0.25) is 0 Å². The first kappa shape index (κ1) is 33.3. The summed E-state index contributed by atoms with van der Waals surface area (Å²) in [7, 11) is 0. The minimum atomic E-state index is -4.18. The summed E-state index contributed by atoms with van der Waals surface area (Å²) < 4.78 is 36.0. The van der Waals surface area contributed by atoms with E-state index in [0.717, 1.165) is 41.3 Å². The van der Waals surface area contributed by atoms with Crippen molar-refractivity contribution in [3.8, 4) is 0 Å². The van der Waals surface area contributed by atoms with Crippen molar-refractivity contribution < 1.29 is 23.1 Å². The van der Waals surface area contributed by atoms with Crippen LogP contribution in [0.2, 0.25) is 0 Å². The third kappa shape index (κ3) is 15.8. The normalized spacial score (nSPS) is 14.8. The maximum Gasteiger partial charge on any atom is 0.389 e. The standard InChI is InChI=1S/C15H23NO.C9H15F3O.C5H10/c1-6-7-12(3)16-14-9-8-13(10-11(14)2)15(4,5)17;1-4-7(13)5-8(2,3)6-9(10,11)12;1-5-3-2-4-5/h8-10,17H,6-7H2,1-5H3;4-6H2,1-3H3;5H,2-4H2,1H3. The van der Waals surface area contributed by atoms with Gasteiger partial charge in [-0.3, -0.25) is 9.79 Å². The summed E-state index contributed by atoms with van der Waals surface area (Å²) in [6, 6.07) is 5.95. The SMILES string of the molecule is CC1CCC1.CCC(=O)CC(C)(C)CC(F)(F)F.CCCC(C)=Nc1ccc(C(C)(C)O)cc1C. The molecule has 0 atom stereocenters. The highest BCUT2D eigenvalue weighted by atomic mass is 19.4. The van der Waals surface area contributed by atoms with Crippen molar-refractivity contribution in [3.05, 3.63) is 29.3 Å². The molecule has 1 aliphatic carbocycles.